The molecule has 110 valence electrons. The highest BCUT2D eigenvalue weighted by Gasteiger charge is 2.14. The van der Waals surface area contributed by atoms with Crippen molar-refractivity contribution in [3.8, 4) is 0 Å². The van der Waals surface area contributed by atoms with E-state index >= 15 is 0 Å². The van der Waals surface area contributed by atoms with Gasteiger partial charge in [0.25, 0.3) is 0 Å². The molecular formula is C20H25N. The number of nitrogens with zero attached hydrogens (tertiary/aromatic N) is 1. The van der Waals surface area contributed by atoms with Crippen LogP contribution in [0.2, 0.25) is 0 Å². The van der Waals surface area contributed by atoms with Gasteiger partial charge in [0.1, 0.15) is 0 Å². The Labute approximate surface area is 128 Å². The molecule has 1 heteroatoms. The third-order valence-corrected chi connectivity index (χ3v) is 3.92. The van der Waals surface area contributed by atoms with E-state index < -0.39 is 0 Å². The molecule has 21 heavy (non-hydrogen) atoms. The highest BCUT2D eigenvalue weighted by Crippen LogP contribution is 2.27. The summed E-state index contributed by atoms with van der Waals surface area (Å²) in [6, 6.07) is 21.6. The van der Waals surface area contributed by atoms with Crippen LogP contribution < -0.4 is 0 Å². The van der Waals surface area contributed by atoms with Crippen molar-refractivity contribution < 1.29 is 0 Å². The predicted molar refractivity (Wildman–Crippen MR) is 91.7 cm³/mol. The molecule has 0 unspecified atom stereocenters. The molecular weight excluding hydrogens is 254 g/mol. The number of rotatable bonds is 8. The van der Waals surface area contributed by atoms with Crippen LogP contribution in [0.1, 0.15) is 29.9 Å². The summed E-state index contributed by atoms with van der Waals surface area (Å²) in [5, 5.41) is 0. The van der Waals surface area contributed by atoms with Crippen molar-refractivity contribution in [1.82, 2.24) is 4.90 Å². The van der Waals surface area contributed by atoms with Crippen LogP contribution in [-0.4, -0.2) is 25.0 Å². The van der Waals surface area contributed by atoms with Gasteiger partial charge in [0, 0.05) is 12.5 Å². The van der Waals surface area contributed by atoms with Crippen LogP contribution in [-0.2, 0) is 0 Å². The van der Waals surface area contributed by atoms with Gasteiger partial charge in [0.2, 0.25) is 0 Å². The van der Waals surface area contributed by atoms with Crippen LogP contribution in [0.4, 0.5) is 0 Å². The fourth-order valence-corrected chi connectivity index (χ4v) is 2.67. The Morgan fingerprint density at radius 2 is 1.43 bits per heavy atom. The maximum absolute atomic E-state index is 3.80. The van der Waals surface area contributed by atoms with Crippen LogP contribution in [0.5, 0.6) is 0 Å². The van der Waals surface area contributed by atoms with Crippen molar-refractivity contribution in [2.75, 3.05) is 20.1 Å². The van der Waals surface area contributed by atoms with Crippen molar-refractivity contribution in [3.05, 3.63) is 84.4 Å². The topological polar surface area (TPSA) is 3.24 Å². The summed E-state index contributed by atoms with van der Waals surface area (Å²) in [5.41, 5.74) is 2.81. The third-order valence-electron chi connectivity index (χ3n) is 3.92. The first-order chi connectivity index (χ1) is 10.3. The Kier molecular flexibility index (Phi) is 6.23. The minimum atomic E-state index is 0.471. The van der Waals surface area contributed by atoms with E-state index in [0.29, 0.717) is 5.92 Å². The Hall–Kier alpha value is -1.86. The first-order valence-electron chi connectivity index (χ1n) is 7.70. The zero-order valence-electron chi connectivity index (χ0n) is 12.9. The summed E-state index contributed by atoms with van der Waals surface area (Å²) in [5.74, 6) is 0.471. The maximum Gasteiger partial charge on any atom is 0.0101 e. The molecule has 2 aromatic carbocycles. The number of benzene rings is 2. The average molecular weight is 279 g/mol. The molecule has 2 aromatic rings. The molecule has 0 radical (unpaired) electrons. The molecule has 0 N–H and O–H groups in total. The first kappa shape index (κ1) is 15.5. The normalized spacial score (nSPS) is 11.0. The fraction of sp³-hybridized carbons (Fsp3) is 0.300. The molecule has 0 heterocycles. The average Bonchev–Trinajstić information content (AvgIpc) is 2.55. The molecule has 0 aromatic heterocycles. The largest absolute Gasteiger partial charge is 0.306 e. The lowest BCUT2D eigenvalue weighted by Crippen LogP contribution is -2.22. The second-order valence-electron chi connectivity index (χ2n) is 5.54. The molecule has 2 rings (SSSR count). The summed E-state index contributed by atoms with van der Waals surface area (Å²) in [4.78, 5) is 2.39. The predicted octanol–water partition coefficient (Wildman–Crippen LogP) is 4.72. The second-order valence-corrected chi connectivity index (χ2v) is 5.54. The van der Waals surface area contributed by atoms with E-state index in [0.717, 1.165) is 25.9 Å². The molecule has 0 aliphatic carbocycles. The van der Waals surface area contributed by atoms with E-state index in [1.807, 2.05) is 6.08 Å². The first-order valence-corrected chi connectivity index (χ1v) is 7.70. The van der Waals surface area contributed by atoms with E-state index in [1.165, 1.54) is 11.1 Å². The molecule has 0 saturated carbocycles. The Morgan fingerprint density at radius 3 is 1.90 bits per heavy atom. The van der Waals surface area contributed by atoms with Gasteiger partial charge in [-0.15, -0.1) is 6.58 Å². The van der Waals surface area contributed by atoms with Gasteiger partial charge in [-0.3, -0.25) is 0 Å². The molecule has 0 saturated heterocycles. The minimum Gasteiger partial charge on any atom is -0.306 e. The summed E-state index contributed by atoms with van der Waals surface area (Å²) in [7, 11) is 2.19. The molecule has 0 fully saturated rings. The van der Waals surface area contributed by atoms with Crippen LogP contribution >= 0.6 is 0 Å². The number of hydrogen-bond donors (Lipinski definition) is 0. The summed E-state index contributed by atoms with van der Waals surface area (Å²) in [6.45, 7) is 5.98. The van der Waals surface area contributed by atoms with Gasteiger partial charge >= 0.3 is 0 Å². The van der Waals surface area contributed by atoms with Crippen LogP contribution in [0, 0.1) is 0 Å². The molecule has 0 bridgehead atoms. The second kappa shape index (κ2) is 8.43. The summed E-state index contributed by atoms with van der Waals surface area (Å²) in [6.07, 6.45) is 4.18. The quantitative estimate of drug-likeness (QED) is 0.632. The van der Waals surface area contributed by atoms with Crippen molar-refractivity contribution in [2.45, 2.75) is 18.8 Å². The maximum atomic E-state index is 3.80. The highest BCUT2D eigenvalue weighted by atomic mass is 15.1. The van der Waals surface area contributed by atoms with Gasteiger partial charge < -0.3 is 4.90 Å². The molecule has 0 aliphatic heterocycles. The fourth-order valence-electron chi connectivity index (χ4n) is 2.67. The lowest BCUT2D eigenvalue weighted by Gasteiger charge is -2.22. The lowest BCUT2D eigenvalue weighted by atomic mass is 9.88. The zero-order valence-corrected chi connectivity index (χ0v) is 12.9. The Morgan fingerprint density at radius 1 is 0.905 bits per heavy atom. The van der Waals surface area contributed by atoms with Gasteiger partial charge in [-0.1, -0.05) is 66.7 Å². The molecule has 0 atom stereocenters. The van der Waals surface area contributed by atoms with Crippen molar-refractivity contribution in [1.29, 1.82) is 0 Å². The van der Waals surface area contributed by atoms with Gasteiger partial charge in [0.05, 0.1) is 0 Å². The van der Waals surface area contributed by atoms with E-state index in [4.69, 9.17) is 0 Å². The Balaban J connectivity index is 2.08. The van der Waals surface area contributed by atoms with Gasteiger partial charge in [0.15, 0.2) is 0 Å². The van der Waals surface area contributed by atoms with Gasteiger partial charge in [-0.2, -0.15) is 0 Å². The monoisotopic (exact) mass is 279 g/mol. The smallest absolute Gasteiger partial charge is 0.0101 e. The highest BCUT2D eigenvalue weighted by molar-refractivity contribution is 5.32. The van der Waals surface area contributed by atoms with E-state index in [1.54, 1.807) is 0 Å². The van der Waals surface area contributed by atoms with Crippen LogP contribution in [0.15, 0.2) is 73.3 Å². The van der Waals surface area contributed by atoms with E-state index in [9.17, 15) is 0 Å². The summed E-state index contributed by atoms with van der Waals surface area (Å²) >= 11 is 0. The molecule has 0 aliphatic rings. The van der Waals surface area contributed by atoms with Crippen molar-refractivity contribution in [2.24, 2.45) is 0 Å². The van der Waals surface area contributed by atoms with Crippen LogP contribution in [0.3, 0.4) is 0 Å². The van der Waals surface area contributed by atoms with E-state index in [2.05, 4.69) is 79.2 Å². The SMILES string of the molecule is C=CCCN(C)CCC(c1ccccc1)c1ccccc1. The van der Waals surface area contributed by atoms with Crippen molar-refractivity contribution >= 4 is 0 Å². The Bertz CT molecular complexity index is 479. The molecule has 1 nitrogen and oxygen atoms in total. The number of hydrogen-bond acceptors (Lipinski definition) is 1. The van der Waals surface area contributed by atoms with E-state index in [-0.39, 0.29) is 0 Å². The van der Waals surface area contributed by atoms with Crippen LogP contribution in [0.25, 0.3) is 0 Å². The zero-order chi connectivity index (χ0) is 14.9. The van der Waals surface area contributed by atoms with Gasteiger partial charge in [-0.05, 0) is 37.6 Å². The third kappa shape index (κ3) is 4.87. The lowest BCUT2D eigenvalue weighted by molar-refractivity contribution is 0.329. The van der Waals surface area contributed by atoms with Gasteiger partial charge in [-0.25, -0.2) is 0 Å². The molecule has 0 amide bonds. The minimum absolute atomic E-state index is 0.471. The summed E-state index contributed by atoms with van der Waals surface area (Å²) < 4.78 is 0. The molecule has 0 spiro atoms. The standard InChI is InChI=1S/C20H25N/c1-3-4-16-21(2)17-15-20(18-11-7-5-8-12-18)19-13-9-6-10-14-19/h3,5-14,20H,1,4,15-17H2,2H3. The van der Waals surface area contributed by atoms with Crippen molar-refractivity contribution in [3.63, 3.8) is 0 Å².